The fourth-order valence-electron chi connectivity index (χ4n) is 3.13. The van der Waals surface area contributed by atoms with E-state index in [0.29, 0.717) is 24.5 Å². The van der Waals surface area contributed by atoms with Gasteiger partial charge in [-0.2, -0.15) is 0 Å². The van der Waals surface area contributed by atoms with Crippen LogP contribution in [-0.4, -0.2) is 50.7 Å². The maximum absolute atomic E-state index is 13.0. The molecule has 4 rings (SSSR count). The van der Waals surface area contributed by atoms with Crippen LogP contribution < -0.4 is 4.74 Å². The van der Waals surface area contributed by atoms with Crippen molar-refractivity contribution in [1.82, 2.24) is 24.8 Å². The molecule has 7 nitrogen and oxygen atoms in total. The SMILES string of the molecule is COc1ccc(-c2nc3c([nH]2)CN(C(=O)c2cccnc2SC)CC3)cn1. The van der Waals surface area contributed by atoms with Crippen LogP contribution in [0.2, 0.25) is 0 Å². The molecule has 1 N–H and O–H groups in total. The van der Waals surface area contributed by atoms with Gasteiger partial charge in [-0.25, -0.2) is 15.0 Å². The second kappa shape index (κ2) is 7.40. The van der Waals surface area contributed by atoms with E-state index in [1.807, 2.05) is 23.3 Å². The number of amides is 1. The number of rotatable bonds is 4. The molecule has 1 amide bonds. The van der Waals surface area contributed by atoms with Gasteiger partial charge in [-0.1, -0.05) is 0 Å². The first-order chi connectivity index (χ1) is 13.2. The smallest absolute Gasteiger partial charge is 0.256 e. The van der Waals surface area contributed by atoms with Gasteiger partial charge >= 0.3 is 0 Å². The Balaban J connectivity index is 1.56. The third-order valence-electron chi connectivity index (χ3n) is 4.53. The van der Waals surface area contributed by atoms with E-state index in [1.54, 1.807) is 31.6 Å². The van der Waals surface area contributed by atoms with Gasteiger partial charge in [0.2, 0.25) is 5.88 Å². The van der Waals surface area contributed by atoms with Crippen molar-refractivity contribution in [3.05, 3.63) is 53.6 Å². The molecule has 0 saturated carbocycles. The number of pyridine rings is 2. The second-order valence-corrected chi connectivity index (χ2v) is 6.93. The normalized spacial score (nSPS) is 13.3. The van der Waals surface area contributed by atoms with Gasteiger partial charge < -0.3 is 14.6 Å². The third-order valence-corrected chi connectivity index (χ3v) is 5.24. The quantitative estimate of drug-likeness (QED) is 0.700. The molecular formula is C19H19N5O2S. The molecule has 0 atom stereocenters. The van der Waals surface area contributed by atoms with Crippen LogP contribution in [0.1, 0.15) is 21.7 Å². The zero-order valence-electron chi connectivity index (χ0n) is 15.1. The van der Waals surface area contributed by atoms with Crippen LogP contribution in [0.15, 0.2) is 41.7 Å². The van der Waals surface area contributed by atoms with Crippen molar-refractivity contribution in [1.29, 1.82) is 0 Å². The number of carbonyl (C=O) groups is 1. The van der Waals surface area contributed by atoms with Crippen molar-refractivity contribution in [2.45, 2.75) is 18.0 Å². The van der Waals surface area contributed by atoms with E-state index in [1.165, 1.54) is 11.8 Å². The first kappa shape index (κ1) is 17.5. The van der Waals surface area contributed by atoms with Crippen molar-refractivity contribution in [3.63, 3.8) is 0 Å². The van der Waals surface area contributed by atoms with Crippen LogP contribution >= 0.6 is 11.8 Å². The Morgan fingerprint density at radius 1 is 1.30 bits per heavy atom. The monoisotopic (exact) mass is 381 g/mol. The number of aromatic nitrogens is 4. The Labute approximate surface area is 161 Å². The number of nitrogens with zero attached hydrogens (tertiary/aromatic N) is 4. The number of carbonyl (C=O) groups excluding carboxylic acids is 1. The molecule has 0 unspecified atom stereocenters. The predicted molar refractivity (Wildman–Crippen MR) is 103 cm³/mol. The van der Waals surface area contributed by atoms with Gasteiger partial charge in [-0.3, -0.25) is 4.79 Å². The first-order valence-corrected chi connectivity index (χ1v) is 9.78. The Hall–Kier alpha value is -2.87. The van der Waals surface area contributed by atoms with Gasteiger partial charge in [0, 0.05) is 37.0 Å². The molecule has 3 aromatic heterocycles. The summed E-state index contributed by atoms with van der Waals surface area (Å²) >= 11 is 1.48. The fraction of sp³-hybridized carbons (Fsp3) is 0.263. The van der Waals surface area contributed by atoms with Gasteiger partial charge in [0.15, 0.2) is 0 Å². The van der Waals surface area contributed by atoms with E-state index >= 15 is 0 Å². The third kappa shape index (κ3) is 3.40. The molecule has 27 heavy (non-hydrogen) atoms. The van der Waals surface area contributed by atoms with Crippen LogP contribution in [0.3, 0.4) is 0 Å². The van der Waals surface area contributed by atoms with Crippen LogP contribution in [0.25, 0.3) is 11.4 Å². The summed E-state index contributed by atoms with van der Waals surface area (Å²) in [4.78, 5) is 31.3. The van der Waals surface area contributed by atoms with Gasteiger partial charge in [-0.15, -0.1) is 11.8 Å². The lowest BCUT2D eigenvalue weighted by Gasteiger charge is -2.26. The van der Waals surface area contributed by atoms with Crippen molar-refractivity contribution in [3.8, 4) is 17.3 Å². The van der Waals surface area contributed by atoms with Gasteiger partial charge in [-0.05, 0) is 24.5 Å². The molecule has 138 valence electrons. The average Bonchev–Trinajstić information content (AvgIpc) is 3.16. The molecule has 0 spiro atoms. The number of imidazole rings is 1. The standard InChI is InChI=1S/C19H19N5O2S/c1-26-16-6-5-12(10-21-16)17-22-14-7-9-24(11-15(14)23-17)19(25)13-4-3-8-20-18(13)27-2/h3-6,8,10H,7,9,11H2,1-2H3,(H,22,23). The Kier molecular flexibility index (Phi) is 4.81. The summed E-state index contributed by atoms with van der Waals surface area (Å²) in [5.74, 6) is 1.32. The fourth-order valence-corrected chi connectivity index (χ4v) is 3.67. The lowest BCUT2D eigenvalue weighted by molar-refractivity contribution is 0.0727. The number of fused-ring (bicyclic) bond motifs is 1. The number of nitrogens with one attached hydrogen (secondary N) is 1. The summed E-state index contributed by atoms with van der Waals surface area (Å²) in [5, 5.41) is 0.753. The highest BCUT2D eigenvalue weighted by atomic mass is 32.2. The molecule has 0 saturated heterocycles. The van der Waals surface area contributed by atoms with E-state index in [2.05, 4.69) is 19.9 Å². The Morgan fingerprint density at radius 2 is 2.19 bits per heavy atom. The minimum absolute atomic E-state index is 0.000337. The van der Waals surface area contributed by atoms with Crippen LogP contribution in [0.5, 0.6) is 5.88 Å². The van der Waals surface area contributed by atoms with Crippen molar-refractivity contribution in [2.75, 3.05) is 19.9 Å². The van der Waals surface area contributed by atoms with E-state index < -0.39 is 0 Å². The maximum Gasteiger partial charge on any atom is 0.256 e. The zero-order valence-corrected chi connectivity index (χ0v) is 15.9. The predicted octanol–water partition coefficient (Wildman–Crippen LogP) is 2.80. The molecule has 8 heteroatoms. The van der Waals surface area contributed by atoms with Gasteiger partial charge in [0.05, 0.1) is 30.6 Å². The number of aromatic amines is 1. The number of thioether (sulfide) groups is 1. The summed E-state index contributed by atoms with van der Waals surface area (Å²) in [6, 6.07) is 7.35. The number of H-pyrrole nitrogens is 1. The van der Waals surface area contributed by atoms with Crippen LogP contribution in [0, 0.1) is 0 Å². The number of hydrogen-bond acceptors (Lipinski definition) is 6. The molecule has 1 aliphatic rings. The summed E-state index contributed by atoms with van der Waals surface area (Å²) in [6.07, 6.45) is 6.08. The molecule has 0 radical (unpaired) electrons. The highest BCUT2D eigenvalue weighted by Crippen LogP contribution is 2.25. The molecule has 1 aliphatic heterocycles. The van der Waals surface area contributed by atoms with E-state index in [0.717, 1.165) is 34.2 Å². The molecule has 4 heterocycles. The molecular weight excluding hydrogens is 362 g/mol. The van der Waals surface area contributed by atoms with Gasteiger partial charge in [0.1, 0.15) is 10.9 Å². The Morgan fingerprint density at radius 3 is 2.93 bits per heavy atom. The minimum atomic E-state index is 0.000337. The number of methoxy groups -OCH3 is 1. The molecule has 0 aliphatic carbocycles. The van der Waals surface area contributed by atoms with Gasteiger partial charge in [0.25, 0.3) is 5.91 Å². The molecule has 0 aromatic carbocycles. The number of ether oxygens (including phenoxy) is 1. The minimum Gasteiger partial charge on any atom is -0.481 e. The molecule has 0 bridgehead atoms. The van der Waals surface area contributed by atoms with Crippen molar-refractivity contribution < 1.29 is 9.53 Å². The second-order valence-electron chi connectivity index (χ2n) is 6.14. The summed E-state index contributed by atoms with van der Waals surface area (Å²) in [6.45, 7) is 1.15. The van der Waals surface area contributed by atoms with Crippen LogP contribution in [-0.2, 0) is 13.0 Å². The zero-order chi connectivity index (χ0) is 18.8. The lowest BCUT2D eigenvalue weighted by atomic mass is 10.1. The highest BCUT2D eigenvalue weighted by Gasteiger charge is 2.26. The topological polar surface area (TPSA) is 84.0 Å². The van der Waals surface area contributed by atoms with Crippen molar-refractivity contribution in [2.24, 2.45) is 0 Å². The lowest BCUT2D eigenvalue weighted by Crippen LogP contribution is -2.36. The summed E-state index contributed by atoms with van der Waals surface area (Å²) < 4.78 is 5.09. The van der Waals surface area contributed by atoms with Crippen LogP contribution in [0.4, 0.5) is 0 Å². The van der Waals surface area contributed by atoms with Crippen molar-refractivity contribution >= 4 is 17.7 Å². The molecule has 3 aromatic rings. The largest absolute Gasteiger partial charge is 0.481 e. The number of hydrogen-bond donors (Lipinski definition) is 1. The average molecular weight is 381 g/mol. The van der Waals surface area contributed by atoms with E-state index in [4.69, 9.17) is 4.74 Å². The first-order valence-electron chi connectivity index (χ1n) is 8.56. The molecule has 0 fully saturated rings. The Bertz CT molecular complexity index is 970. The highest BCUT2D eigenvalue weighted by molar-refractivity contribution is 7.98. The maximum atomic E-state index is 13.0. The summed E-state index contributed by atoms with van der Waals surface area (Å²) in [5.41, 5.74) is 3.50. The summed E-state index contributed by atoms with van der Waals surface area (Å²) in [7, 11) is 1.59. The van der Waals surface area contributed by atoms with E-state index in [-0.39, 0.29) is 5.91 Å². The van der Waals surface area contributed by atoms with E-state index in [9.17, 15) is 4.79 Å².